The van der Waals surface area contributed by atoms with Gasteiger partial charge in [0, 0.05) is 10.6 Å². The highest BCUT2D eigenvalue weighted by Crippen LogP contribution is 2.39. The van der Waals surface area contributed by atoms with Crippen molar-refractivity contribution in [3.63, 3.8) is 0 Å². The van der Waals surface area contributed by atoms with Crippen molar-refractivity contribution in [2.75, 3.05) is 19.1 Å². The van der Waals surface area contributed by atoms with Crippen molar-refractivity contribution in [1.29, 1.82) is 0 Å². The van der Waals surface area contributed by atoms with Gasteiger partial charge in [0.2, 0.25) is 0 Å². The van der Waals surface area contributed by atoms with Crippen LogP contribution in [0.5, 0.6) is 11.5 Å². The molecular weight excluding hydrogens is 384 g/mol. The van der Waals surface area contributed by atoms with Crippen LogP contribution in [0.2, 0.25) is 5.02 Å². The molecule has 2 aromatic rings. The van der Waals surface area contributed by atoms with E-state index in [1.807, 2.05) is 6.92 Å². The predicted octanol–water partition coefficient (Wildman–Crippen LogP) is 2.85. The van der Waals surface area contributed by atoms with Crippen molar-refractivity contribution in [3.8, 4) is 11.5 Å². The van der Waals surface area contributed by atoms with E-state index >= 15 is 0 Å². The van der Waals surface area contributed by atoms with Gasteiger partial charge in [-0.2, -0.15) is 0 Å². The predicted molar refractivity (Wildman–Crippen MR) is 103 cm³/mol. The van der Waals surface area contributed by atoms with Crippen LogP contribution in [-0.2, 0) is 14.4 Å². The Morgan fingerprint density at radius 3 is 2.54 bits per heavy atom. The maximum absolute atomic E-state index is 13.2. The van der Waals surface area contributed by atoms with Gasteiger partial charge in [-0.25, -0.2) is 4.90 Å². The molecule has 2 aliphatic heterocycles. The second-order valence-electron chi connectivity index (χ2n) is 6.37. The smallest absolute Gasteiger partial charge is 0.270 e. The van der Waals surface area contributed by atoms with E-state index in [9.17, 15) is 9.59 Å². The minimum atomic E-state index is -1.02. The quantitative estimate of drug-likeness (QED) is 0.795. The zero-order valence-electron chi connectivity index (χ0n) is 15.4. The van der Waals surface area contributed by atoms with Crippen molar-refractivity contribution in [3.05, 3.63) is 58.1 Å². The SMILES string of the molecule is COc1ccc(C2=C3C(=O)N(c4cc(Cl)ccc4C)C(=O)[C@H]3ON2)cc1OC. The molecule has 1 fully saturated rings. The van der Waals surface area contributed by atoms with Crippen molar-refractivity contribution in [2.24, 2.45) is 0 Å². The number of benzene rings is 2. The molecule has 1 N–H and O–H groups in total. The van der Waals surface area contributed by atoms with Gasteiger partial charge < -0.3 is 9.47 Å². The van der Waals surface area contributed by atoms with Crippen molar-refractivity contribution in [2.45, 2.75) is 13.0 Å². The Kier molecular flexibility index (Phi) is 4.49. The number of carbonyl (C=O) groups excluding carboxylic acids is 2. The van der Waals surface area contributed by atoms with Gasteiger partial charge in [-0.3, -0.25) is 19.9 Å². The van der Waals surface area contributed by atoms with Gasteiger partial charge in [0.1, 0.15) is 0 Å². The van der Waals surface area contributed by atoms with Crippen LogP contribution in [0.3, 0.4) is 0 Å². The number of hydroxylamine groups is 1. The molecule has 4 rings (SSSR count). The highest BCUT2D eigenvalue weighted by Gasteiger charge is 2.51. The first-order valence-corrected chi connectivity index (χ1v) is 8.86. The zero-order valence-corrected chi connectivity index (χ0v) is 16.2. The number of rotatable bonds is 4. The number of halogens is 1. The third-order valence-electron chi connectivity index (χ3n) is 4.77. The lowest BCUT2D eigenvalue weighted by Crippen LogP contribution is -2.34. The molecule has 144 valence electrons. The zero-order chi connectivity index (χ0) is 20.0. The first-order valence-electron chi connectivity index (χ1n) is 8.49. The number of aryl methyl sites for hydroxylation is 1. The highest BCUT2D eigenvalue weighted by molar-refractivity contribution is 6.34. The summed E-state index contributed by atoms with van der Waals surface area (Å²) in [6.45, 7) is 1.81. The molecule has 7 nitrogen and oxygen atoms in total. The van der Waals surface area contributed by atoms with Crippen molar-refractivity contribution < 1.29 is 23.9 Å². The Bertz CT molecular complexity index is 1030. The summed E-state index contributed by atoms with van der Waals surface area (Å²) in [6, 6.07) is 10.3. The average Bonchev–Trinajstić information content (AvgIpc) is 3.24. The lowest BCUT2D eigenvalue weighted by atomic mass is 10.0. The molecule has 1 atom stereocenters. The molecule has 8 heteroatoms. The Labute approximate surface area is 166 Å². The Hall–Kier alpha value is -3.03. The molecule has 0 aliphatic carbocycles. The number of carbonyl (C=O) groups is 2. The maximum Gasteiger partial charge on any atom is 0.270 e. The summed E-state index contributed by atoms with van der Waals surface area (Å²) in [5, 5.41) is 0.436. The Morgan fingerprint density at radius 2 is 1.82 bits per heavy atom. The summed E-state index contributed by atoms with van der Waals surface area (Å²) in [6.07, 6.45) is -1.02. The van der Waals surface area contributed by atoms with E-state index < -0.39 is 17.9 Å². The summed E-state index contributed by atoms with van der Waals surface area (Å²) in [5.74, 6) is 0.137. The third kappa shape index (κ3) is 2.71. The van der Waals surface area contributed by atoms with Crippen LogP contribution in [0.4, 0.5) is 5.69 Å². The topological polar surface area (TPSA) is 77.1 Å². The van der Waals surface area contributed by atoms with Gasteiger partial charge in [-0.1, -0.05) is 17.7 Å². The normalized spacial score (nSPS) is 18.4. The second kappa shape index (κ2) is 6.85. The second-order valence-corrected chi connectivity index (χ2v) is 6.80. The molecule has 0 aromatic heterocycles. The molecule has 2 heterocycles. The number of anilines is 1. The van der Waals surface area contributed by atoms with Crippen LogP contribution in [0.15, 0.2) is 42.0 Å². The number of fused-ring (bicyclic) bond motifs is 1. The fourth-order valence-electron chi connectivity index (χ4n) is 3.35. The monoisotopic (exact) mass is 400 g/mol. The lowest BCUT2D eigenvalue weighted by molar-refractivity contribution is -0.127. The fraction of sp³-hybridized carbons (Fsp3) is 0.200. The molecule has 0 bridgehead atoms. The third-order valence-corrected chi connectivity index (χ3v) is 5.01. The molecule has 0 saturated carbocycles. The standard InChI is InChI=1S/C20H17ClN2O5/c1-10-4-6-12(21)9-13(10)23-19(24)16-17(22-28-18(16)20(23)25)11-5-7-14(26-2)15(8-11)27-3/h4-9,18,22H,1-3H3/t18-/m0/s1. The number of ether oxygens (including phenoxy) is 2. The average molecular weight is 401 g/mol. The summed E-state index contributed by atoms with van der Waals surface area (Å²) in [5.41, 5.74) is 5.22. The van der Waals surface area contributed by atoms with Gasteiger partial charge in [-0.05, 0) is 42.8 Å². The van der Waals surface area contributed by atoms with E-state index in [1.165, 1.54) is 14.2 Å². The maximum atomic E-state index is 13.2. The highest BCUT2D eigenvalue weighted by atomic mass is 35.5. The number of nitrogens with one attached hydrogen (secondary N) is 1. The minimum absolute atomic E-state index is 0.247. The van der Waals surface area contributed by atoms with E-state index in [0.29, 0.717) is 33.5 Å². The summed E-state index contributed by atoms with van der Waals surface area (Å²) >= 11 is 6.07. The number of methoxy groups -OCH3 is 2. The van der Waals surface area contributed by atoms with Gasteiger partial charge in [0.05, 0.1) is 31.2 Å². The summed E-state index contributed by atoms with van der Waals surface area (Å²) in [4.78, 5) is 32.6. The molecule has 2 aromatic carbocycles. The molecular formula is C20H17ClN2O5. The van der Waals surface area contributed by atoms with Crippen LogP contribution in [0.1, 0.15) is 11.1 Å². The van der Waals surface area contributed by atoms with Gasteiger partial charge in [-0.15, -0.1) is 0 Å². The lowest BCUT2D eigenvalue weighted by Gasteiger charge is -2.18. The first-order chi connectivity index (χ1) is 13.5. The number of imide groups is 1. The van der Waals surface area contributed by atoms with Crippen molar-refractivity contribution in [1.82, 2.24) is 5.48 Å². The van der Waals surface area contributed by atoms with Crippen LogP contribution < -0.4 is 19.9 Å². The van der Waals surface area contributed by atoms with Crippen LogP contribution in [-0.4, -0.2) is 32.1 Å². The summed E-state index contributed by atoms with van der Waals surface area (Å²) in [7, 11) is 3.06. The molecule has 0 unspecified atom stereocenters. The molecule has 2 amide bonds. The van der Waals surface area contributed by atoms with Gasteiger partial charge >= 0.3 is 0 Å². The Morgan fingerprint density at radius 1 is 1.07 bits per heavy atom. The van der Waals surface area contributed by atoms with E-state index in [-0.39, 0.29) is 5.57 Å². The number of amides is 2. The van der Waals surface area contributed by atoms with E-state index in [1.54, 1.807) is 36.4 Å². The Balaban J connectivity index is 1.81. The van der Waals surface area contributed by atoms with Crippen LogP contribution >= 0.6 is 11.6 Å². The van der Waals surface area contributed by atoms with Gasteiger partial charge in [0.25, 0.3) is 11.8 Å². The largest absolute Gasteiger partial charge is 0.493 e. The van der Waals surface area contributed by atoms with E-state index in [0.717, 1.165) is 10.5 Å². The van der Waals surface area contributed by atoms with Crippen LogP contribution in [0, 0.1) is 6.92 Å². The molecule has 28 heavy (non-hydrogen) atoms. The van der Waals surface area contributed by atoms with Crippen LogP contribution in [0.25, 0.3) is 5.70 Å². The molecule has 0 spiro atoms. The van der Waals surface area contributed by atoms with E-state index in [2.05, 4.69) is 5.48 Å². The first kappa shape index (κ1) is 18.3. The number of nitrogens with zero attached hydrogens (tertiary/aromatic N) is 1. The number of hydrogen-bond acceptors (Lipinski definition) is 6. The number of hydrogen-bond donors (Lipinski definition) is 1. The van der Waals surface area contributed by atoms with Gasteiger partial charge in [0.15, 0.2) is 17.6 Å². The minimum Gasteiger partial charge on any atom is -0.493 e. The van der Waals surface area contributed by atoms with Crippen molar-refractivity contribution >= 4 is 34.8 Å². The summed E-state index contributed by atoms with van der Waals surface area (Å²) < 4.78 is 10.6. The fourth-order valence-corrected chi connectivity index (χ4v) is 3.52. The van der Waals surface area contributed by atoms with E-state index in [4.69, 9.17) is 25.9 Å². The molecule has 2 aliphatic rings. The molecule has 0 radical (unpaired) electrons. The molecule has 1 saturated heterocycles.